The number of hydrogen-bond donors (Lipinski definition) is 0. The van der Waals surface area contributed by atoms with Gasteiger partial charge in [0.25, 0.3) is 0 Å². The highest BCUT2D eigenvalue weighted by Crippen LogP contribution is 2.42. The molecule has 0 amide bonds. The van der Waals surface area contributed by atoms with Gasteiger partial charge in [0, 0.05) is 11.5 Å². The summed E-state index contributed by atoms with van der Waals surface area (Å²) in [7, 11) is 0. The lowest BCUT2D eigenvalue weighted by Crippen LogP contribution is -2.39. The van der Waals surface area contributed by atoms with Gasteiger partial charge in [-0.1, -0.05) is 37.8 Å². The van der Waals surface area contributed by atoms with E-state index in [1.165, 1.54) is 5.56 Å². The highest BCUT2D eigenvalue weighted by atomic mass is 16.6. The summed E-state index contributed by atoms with van der Waals surface area (Å²) in [4.78, 5) is 11.8. The van der Waals surface area contributed by atoms with Crippen LogP contribution in [0, 0.1) is 5.92 Å². The molecular formula is C16H20O2. The van der Waals surface area contributed by atoms with Crippen molar-refractivity contribution in [3.05, 3.63) is 47.5 Å². The molecule has 1 aliphatic rings. The largest absolute Gasteiger partial charge is 0.451 e. The molecule has 96 valence electrons. The summed E-state index contributed by atoms with van der Waals surface area (Å²) in [6.07, 6.45) is 2.09. The average molecular weight is 244 g/mol. The Balaban J connectivity index is 2.41. The Morgan fingerprint density at radius 2 is 2.11 bits per heavy atom. The zero-order valence-corrected chi connectivity index (χ0v) is 11.3. The lowest BCUT2D eigenvalue weighted by atomic mass is 9.73. The Morgan fingerprint density at radius 3 is 2.78 bits per heavy atom. The number of ether oxygens (including phenoxy) is 1. The Bertz CT molecular complexity index is 490. The highest BCUT2D eigenvalue weighted by Gasteiger charge is 2.41. The van der Waals surface area contributed by atoms with Crippen molar-refractivity contribution in [1.82, 2.24) is 0 Å². The topological polar surface area (TPSA) is 26.3 Å². The van der Waals surface area contributed by atoms with Crippen LogP contribution < -0.4 is 0 Å². The quantitative estimate of drug-likeness (QED) is 0.587. The summed E-state index contributed by atoms with van der Waals surface area (Å²) in [5.41, 5.74) is 2.34. The van der Waals surface area contributed by atoms with Crippen molar-refractivity contribution in [3.63, 3.8) is 0 Å². The van der Waals surface area contributed by atoms with Crippen molar-refractivity contribution in [3.8, 4) is 0 Å². The van der Waals surface area contributed by atoms with E-state index >= 15 is 0 Å². The maximum atomic E-state index is 11.8. The van der Waals surface area contributed by atoms with Gasteiger partial charge in [-0.05, 0) is 37.8 Å². The smallest absolute Gasteiger partial charge is 0.333 e. The zero-order valence-electron chi connectivity index (χ0n) is 11.3. The van der Waals surface area contributed by atoms with E-state index in [2.05, 4.69) is 25.6 Å². The van der Waals surface area contributed by atoms with E-state index in [1.807, 2.05) is 19.1 Å². The molecule has 1 aromatic carbocycles. The zero-order chi connectivity index (χ0) is 13.3. The third kappa shape index (κ3) is 2.07. The van der Waals surface area contributed by atoms with E-state index in [0.29, 0.717) is 11.5 Å². The van der Waals surface area contributed by atoms with Crippen LogP contribution in [0.2, 0.25) is 0 Å². The van der Waals surface area contributed by atoms with Gasteiger partial charge in [-0.3, -0.25) is 0 Å². The molecule has 0 bridgehead atoms. The van der Waals surface area contributed by atoms with Gasteiger partial charge >= 0.3 is 5.97 Å². The number of rotatable bonds is 2. The Hall–Kier alpha value is -1.57. The molecule has 2 heteroatoms. The second kappa shape index (κ2) is 4.60. The van der Waals surface area contributed by atoms with Gasteiger partial charge in [0.15, 0.2) is 0 Å². The number of carbonyl (C=O) groups excluding carboxylic acids is 1. The van der Waals surface area contributed by atoms with Gasteiger partial charge in [0.1, 0.15) is 5.60 Å². The molecule has 0 fully saturated rings. The molecule has 0 aliphatic heterocycles. The second-order valence-electron chi connectivity index (χ2n) is 5.37. The van der Waals surface area contributed by atoms with Crippen molar-refractivity contribution < 1.29 is 9.53 Å². The van der Waals surface area contributed by atoms with Crippen LogP contribution in [-0.4, -0.2) is 5.97 Å². The normalized spacial score (nSPS) is 26.3. The van der Waals surface area contributed by atoms with E-state index in [4.69, 9.17) is 4.74 Å². The molecule has 0 N–H and O–H groups in total. The first-order chi connectivity index (χ1) is 8.45. The minimum absolute atomic E-state index is 0.305. The fourth-order valence-electron chi connectivity index (χ4n) is 2.57. The lowest BCUT2D eigenvalue weighted by Gasteiger charge is -2.40. The van der Waals surface area contributed by atoms with Crippen LogP contribution >= 0.6 is 0 Å². The van der Waals surface area contributed by atoms with Crippen molar-refractivity contribution >= 4 is 5.97 Å². The summed E-state index contributed by atoms with van der Waals surface area (Å²) in [6.45, 7) is 9.49. The number of aryl methyl sites for hydroxylation is 1. The van der Waals surface area contributed by atoms with Gasteiger partial charge in [0.2, 0.25) is 0 Å². The Morgan fingerprint density at radius 1 is 1.44 bits per heavy atom. The highest BCUT2D eigenvalue weighted by molar-refractivity contribution is 5.87. The van der Waals surface area contributed by atoms with E-state index in [9.17, 15) is 4.79 Å². The molecule has 0 saturated carbocycles. The van der Waals surface area contributed by atoms with Gasteiger partial charge < -0.3 is 4.74 Å². The Kier molecular flexibility index (Phi) is 3.29. The minimum atomic E-state index is -0.537. The van der Waals surface area contributed by atoms with E-state index in [-0.39, 0.29) is 5.97 Å². The molecule has 2 atom stereocenters. The minimum Gasteiger partial charge on any atom is -0.451 e. The van der Waals surface area contributed by atoms with Crippen molar-refractivity contribution in [2.45, 2.75) is 39.2 Å². The number of hydrogen-bond acceptors (Lipinski definition) is 2. The molecular weight excluding hydrogens is 224 g/mol. The van der Waals surface area contributed by atoms with Crippen LogP contribution in [0.15, 0.2) is 36.4 Å². The van der Waals surface area contributed by atoms with E-state index < -0.39 is 5.60 Å². The fourth-order valence-corrected chi connectivity index (χ4v) is 2.57. The average Bonchev–Trinajstić information content (AvgIpc) is 2.34. The summed E-state index contributed by atoms with van der Waals surface area (Å²) in [5.74, 6) is 0.0109. The van der Waals surface area contributed by atoms with Crippen LogP contribution in [0.1, 0.15) is 38.3 Å². The molecule has 0 saturated heterocycles. The predicted molar refractivity (Wildman–Crippen MR) is 72.2 cm³/mol. The van der Waals surface area contributed by atoms with Gasteiger partial charge in [0.05, 0.1) is 0 Å². The van der Waals surface area contributed by atoms with Crippen molar-refractivity contribution in [1.29, 1.82) is 0 Å². The van der Waals surface area contributed by atoms with Crippen LogP contribution in [0.4, 0.5) is 0 Å². The van der Waals surface area contributed by atoms with Crippen LogP contribution in [0.5, 0.6) is 0 Å². The van der Waals surface area contributed by atoms with Gasteiger partial charge in [-0.2, -0.15) is 0 Å². The lowest BCUT2D eigenvalue weighted by molar-refractivity contribution is -0.161. The third-order valence-electron chi connectivity index (χ3n) is 3.99. The first kappa shape index (κ1) is 12.9. The maximum Gasteiger partial charge on any atom is 0.333 e. The van der Waals surface area contributed by atoms with Gasteiger partial charge in [-0.25, -0.2) is 4.79 Å². The maximum absolute atomic E-state index is 11.8. The predicted octanol–water partition coefficient (Wildman–Crippen LogP) is 3.60. The summed E-state index contributed by atoms with van der Waals surface area (Å²) in [5, 5.41) is 0. The molecule has 2 nitrogen and oxygen atoms in total. The van der Waals surface area contributed by atoms with Crippen molar-refractivity contribution in [2.75, 3.05) is 0 Å². The standard InChI is InChI=1S/C16H20O2/c1-11(2)15(17)18-16(4)12(3)9-10-13-7-5-6-8-14(13)16/h5-8,12H,1,9-10H2,2-4H3. The summed E-state index contributed by atoms with van der Waals surface area (Å²) < 4.78 is 5.74. The molecule has 1 aromatic rings. The summed E-state index contributed by atoms with van der Waals surface area (Å²) >= 11 is 0. The number of benzene rings is 1. The van der Waals surface area contributed by atoms with Crippen LogP contribution in [0.3, 0.4) is 0 Å². The molecule has 18 heavy (non-hydrogen) atoms. The van der Waals surface area contributed by atoms with Crippen LogP contribution in [-0.2, 0) is 21.6 Å². The summed E-state index contributed by atoms with van der Waals surface area (Å²) in [6, 6.07) is 8.23. The monoisotopic (exact) mass is 244 g/mol. The number of fused-ring (bicyclic) bond motifs is 1. The molecule has 1 aliphatic carbocycles. The molecule has 0 aromatic heterocycles. The second-order valence-corrected chi connectivity index (χ2v) is 5.37. The third-order valence-corrected chi connectivity index (χ3v) is 3.99. The SMILES string of the molecule is C=C(C)C(=O)OC1(C)c2ccccc2CCC1C. The van der Waals surface area contributed by atoms with Gasteiger partial charge in [-0.15, -0.1) is 0 Å². The first-order valence-corrected chi connectivity index (χ1v) is 6.42. The molecule has 0 heterocycles. The molecule has 2 rings (SSSR count). The Labute approximate surface area is 109 Å². The van der Waals surface area contributed by atoms with Crippen LogP contribution in [0.25, 0.3) is 0 Å². The molecule has 0 radical (unpaired) electrons. The first-order valence-electron chi connectivity index (χ1n) is 6.42. The molecule has 0 spiro atoms. The number of carbonyl (C=O) groups is 1. The van der Waals surface area contributed by atoms with E-state index in [0.717, 1.165) is 18.4 Å². The fraction of sp³-hybridized carbons (Fsp3) is 0.438. The number of esters is 1. The van der Waals surface area contributed by atoms with Crippen molar-refractivity contribution in [2.24, 2.45) is 5.92 Å². The molecule has 2 unspecified atom stereocenters. The van der Waals surface area contributed by atoms with E-state index in [1.54, 1.807) is 6.92 Å².